The lowest BCUT2D eigenvalue weighted by Crippen LogP contribution is -2.16. The van der Waals surface area contributed by atoms with E-state index in [2.05, 4.69) is 10.3 Å². The van der Waals surface area contributed by atoms with Crippen molar-refractivity contribution in [3.8, 4) is 0 Å². The lowest BCUT2D eigenvalue weighted by Gasteiger charge is -2.06. The molecule has 0 saturated heterocycles. The van der Waals surface area contributed by atoms with Gasteiger partial charge in [0.25, 0.3) is 5.56 Å². The molecule has 0 aliphatic carbocycles. The van der Waals surface area contributed by atoms with Crippen LogP contribution >= 0.6 is 22.9 Å². The first-order valence-electron chi connectivity index (χ1n) is 6.10. The number of hydrogen-bond donors (Lipinski definition) is 1. The minimum Gasteiger partial charge on any atom is -0.379 e. The number of fused-ring (bicyclic) bond motifs is 1. The SMILES string of the molecule is Cc1csc2nc(CNc3ccc(Cl)cc3)cc(=O)n12. The molecule has 1 N–H and O–H groups in total. The third-order valence-corrected chi connectivity index (χ3v) is 4.14. The van der Waals surface area contributed by atoms with Crippen molar-refractivity contribution in [3.63, 3.8) is 0 Å². The third-order valence-electron chi connectivity index (χ3n) is 2.95. The smallest absolute Gasteiger partial charge is 0.259 e. The van der Waals surface area contributed by atoms with E-state index in [1.807, 2.05) is 36.6 Å². The maximum absolute atomic E-state index is 12.0. The number of rotatable bonds is 3. The number of thiazole rings is 1. The van der Waals surface area contributed by atoms with Crippen LogP contribution in [0.25, 0.3) is 4.96 Å². The Hall–Kier alpha value is -1.85. The normalized spacial score (nSPS) is 10.9. The van der Waals surface area contributed by atoms with Crippen LogP contribution in [0.4, 0.5) is 5.69 Å². The first-order valence-corrected chi connectivity index (χ1v) is 7.35. The van der Waals surface area contributed by atoms with Crippen LogP contribution in [0.15, 0.2) is 40.5 Å². The van der Waals surface area contributed by atoms with E-state index in [1.54, 1.807) is 10.5 Å². The highest BCUT2D eigenvalue weighted by Gasteiger charge is 2.06. The van der Waals surface area contributed by atoms with Crippen molar-refractivity contribution in [2.75, 3.05) is 5.32 Å². The number of hydrogen-bond acceptors (Lipinski definition) is 4. The summed E-state index contributed by atoms with van der Waals surface area (Å²) in [7, 11) is 0. The predicted molar refractivity (Wildman–Crippen MR) is 82.9 cm³/mol. The zero-order valence-corrected chi connectivity index (χ0v) is 12.3. The number of aromatic nitrogens is 2. The molecule has 2 aromatic heterocycles. The zero-order chi connectivity index (χ0) is 14.1. The van der Waals surface area contributed by atoms with Crippen LogP contribution in [-0.4, -0.2) is 9.38 Å². The van der Waals surface area contributed by atoms with Crippen molar-refractivity contribution in [1.82, 2.24) is 9.38 Å². The Morgan fingerprint density at radius 2 is 2.10 bits per heavy atom. The van der Waals surface area contributed by atoms with Gasteiger partial charge in [0.2, 0.25) is 0 Å². The van der Waals surface area contributed by atoms with E-state index in [9.17, 15) is 4.79 Å². The molecule has 0 amide bonds. The number of nitrogens with zero attached hydrogens (tertiary/aromatic N) is 2. The molecular formula is C14H12ClN3OS. The first kappa shape index (κ1) is 13.1. The molecule has 0 bridgehead atoms. The minimum absolute atomic E-state index is 0.0401. The largest absolute Gasteiger partial charge is 0.379 e. The minimum atomic E-state index is -0.0401. The van der Waals surface area contributed by atoms with E-state index in [0.717, 1.165) is 22.0 Å². The first-order chi connectivity index (χ1) is 9.63. The van der Waals surface area contributed by atoms with Gasteiger partial charge in [-0.25, -0.2) is 4.98 Å². The highest BCUT2D eigenvalue weighted by molar-refractivity contribution is 7.15. The van der Waals surface area contributed by atoms with Gasteiger partial charge in [0.05, 0.1) is 12.2 Å². The molecule has 1 aromatic carbocycles. The highest BCUT2D eigenvalue weighted by Crippen LogP contribution is 2.15. The molecule has 0 fully saturated rings. The third kappa shape index (κ3) is 2.55. The second-order valence-electron chi connectivity index (χ2n) is 4.44. The van der Waals surface area contributed by atoms with E-state index in [-0.39, 0.29) is 5.56 Å². The fourth-order valence-corrected chi connectivity index (χ4v) is 2.97. The summed E-state index contributed by atoms with van der Waals surface area (Å²) in [5, 5.41) is 5.85. The summed E-state index contributed by atoms with van der Waals surface area (Å²) in [5.74, 6) is 0. The van der Waals surface area contributed by atoms with Crippen molar-refractivity contribution in [2.45, 2.75) is 13.5 Å². The Morgan fingerprint density at radius 1 is 1.35 bits per heavy atom. The van der Waals surface area contributed by atoms with Gasteiger partial charge in [-0.3, -0.25) is 9.20 Å². The van der Waals surface area contributed by atoms with Gasteiger partial charge in [-0.05, 0) is 31.2 Å². The summed E-state index contributed by atoms with van der Waals surface area (Å²) in [6.45, 7) is 2.41. The van der Waals surface area contributed by atoms with Crippen LogP contribution in [-0.2, 0) is 6.54 Å². The van der Waals surface area contributed by atoms with E-state index >= 15 is 0 Å². The topological polar surface area (TPSA) is 46.4 Å². The van der Waals surface area contributed by atoms with Crippen LogP contribution in [0.3, 0.4) is 0 Å². The van der Waals surface area contributed by atoms with Crippen molar-refractivity contribution in [3.05, 3.63) is 62.5 Å². The van der Waals surface area contributed by atoms with Gasteiger partial charge in [0.1, 0.15) is 0 Å². The number of halogens is 1. The molecule has 102 valence electrons. The maximum atomic E-state index is 12.0. The van der Waals surface area contributed by atoms with Crippen molar-refractivity contribution in [1.29, 1.82) is 0 Å². The number of anilines is 1. The Morgan fingerprint density at radius 3 is 2.85 bits per heavy atom. The van der Waals surface area contributed by atoms with Gasteiger partial charge in [-0.15, -0.1) is 11.3 Å². The zero-order valence-electron chi connectivity index (χ0n) is 10.8. The fourth-order valence-electron chi connectivity index (χ4n) is 1.95. The Bertz CT molecular complexity index is 807. The van der Waals surface area contributed by atoms with Crippen molar-refractivity contribution < 1.29 is 0 Å². The molecule has 20 heavy (non-hydrogen) atoms. The molecule has 0 radical (unpaired) electrons. The van der Waals surface area contributed by atoms with Gasteiger partial charge in [0.15, 0.2) is 4.96 Å². The number of benzene rings is 1. The second-order valence-corrected chi connectivity index (χ2v) is 5.71. The van der Waals surface area contributed by atoms with E-state index < -0.39 is 0 Å². The van der Waals surface area contributed by atoms with Crippen LogP contribution < -0.4 is 10.9 Å². The van der Waals surface area contributed by atoms with Gasteiger partial charge in [0, 0.05) is 27.9 Å². The number of aryl methyl sites for hydroxylation is 1. The second kappa shape index (κ2) is 5.26. The molecule has 0 aliphatic heterocycles. The predicted octanol–water partition coefficient (Wildman–Crippen LogP) is 3.33. The van der Waals surface area contributed by atoms with E-state index in [1.165, 1.54) is 11.3 Å². The molecule has 3 rings (SSSR count). The van der Waals surface area contributed by atoms with Crippen molar-refractivity contribution in [2.24, 2.45) is 0 Å². The molecule has 3 aromatic rings. The molecule has 2 heterocycles. The standard InChI is InChI=1S/C14H12ClN3OS/c1-9-8-20-14-17-12(6-13(19)18(9)14)7-16-11-4-2-10(15)3-5-11/h2-6,8,16H,7H2,1H3. The van der Waals surface area contributed by atoms with Gasteiger partial charge in [-0.1, -0.05) is 11.6 Å². The Kier molecular flexibility index (Phi) is 3.46. The summed E-state index contributed by atoms with van der Waals surface area (Å²) >= 11 is 7.31. The molecule has 0 saturated carbocycles. The summed E-state index contributed by atoms with van der Waals surface area (Å²) in [6.07, 6.45) is 0. The number of nitrogens with one attached hydrogen (secondary N) is 1. The Balaban J connectivity index is 1.84. The van der Waals surface area contributed by atoms with E-state index in [0.29, 0.717) is 11.6 Å². The average molecular weight is 306 g/mol. The summed E-state index contributed by atoms with van der Waals surface area (Å²) in [4.78, 5) is 17.2. The molecule has 0 aliphatic rings. The van der Waals surface area contributed by atoms with Crippen LogP contribution in [0.2, 0.25) is 5.02 Å². The van der Waals surface area contributed by atoms with Crippen LogP contribution in [0, 0.1) is 6.92 Å². The van der Waals surface area contributed by atoms with Gasteiger partial charge >= 0.3 is 0 Å². The quantitative estimate of drug-likeness (QED) is 0.807. The lowest BCUT2D eigenvalue weighted by molar-refractivity contribution is 0.966. The van der Waals surface area contributed by atoms with Crippen LogP contribution in [0.1, 0.15) is 11.4 Å². The van der Waals surface area contributed by atoms with Gasteiger partial charge in [-0.2, -0.15) is 0 Å². The molecule has 0 spiro atoms. The average Bonchev–Trinajstić information content (AvgIpc) is 2.80. The monoisotopic (exact) mass is 305 g/mol. The Labute approximate surface area is 124 Å². The van der Waals surface area contributed by atoms with Crippen LogP contribution in [0.5, 0.6) is 0 Å². The molecular weight excluding hydrogens is 294 g/mol. The summed E-state index contributed by atoms with van der Waals surface area (Å²) < 4.78 is 1.62. The highest BCUT2D eigenvalue weighted by atomic mass is 35.5. The lowest BCUT2D eigenvalue weighted by atomic mass is 10.3. The molecule has 0 atom stereocenters. The summed E-state index contributed by atoms with van der Waals surface area (Å²) in [5.41, 5.74) is 2.55. The van der Waals surface area contributed by atoms with Gasteiger partial charge < -0.3 is 5.32 Å². The summed E-state index contributed by atoms with van der Waals surface area (Å²) in [6, 6.07) is 8.98. The van der Waals surface area contributed by atoms with Crippen molar-refractivity contribution >= 4 is 33.6 Å². The molecule has 4 nitrogen and oxygen atoms in total. The molecule has 6 heteroatoms. The van der Waals surface area contributed by atoms with E-state index in [4.69, 9.17) is 11.6 Å². The molecule has 0 unspecified atom stereocenters. The maximum Gasteiger partial charge on any atom is 0.259 e. The fraction of sp³-hybridized carbons (Fsp3) is 0.143.